The summed E-state index contributed by atoms with van der Waals surface area (Å²) in [5, 5.41) is 3.03. The van der Waals surface area contributed by atoms with Gasteiger partial charge in [0.05, 0.1) is 19.2 Å². The number of carbonyl (C=O) groups is 1. The summed E-state index contributed by atoms with van der Waals surface area (Å²) in [6.45, 7) is 0. The normalized spacial score (nSPS) is 12.3. The second-order valence-corrected chi connectivity index (χ2v) is 9.02. The lowest BCUT2D eigenvalue weighted by Crippen LogP contribution is -2.44. The van der Waals surface area contributed by atoms with Crippen LogP contribution in [0.25, 0.3) is 0 Å². The molecule has 29 heavy (non-hydrogen) atoms. The van der Waals surface area contributed by atoms with Crippen LogP contribution in [0, 0.1) is 0 Å². The number of hydrogen-bond donors (Lipinski definition) is 2. The Morgan fingerprint density at radius 3 is 2.45 bits per heavy atom. The second kappa shape index (κ2) is 10.7. The van der Waals surface area contributed by atoms with Gasteiger partial charge >= 0.3 is 0 Å². The minimum Gasteiger partial charge on any atom is -0.495 e. The summed E-state index contributed by atoms with van der Waals surface area (Å²) in [6.07, 6.45) is 2.19. The lowest BCUT2D eigenvalue weighted by atomic mass is 10.2. The highest BCUT2D eigenvalue weighted by Crippen LogP contribution is 2.27. The van der Waals surface area contributed by atoms with Gasteiger partial charge in [-0.2, -0.15) is 16.5 Å². The minimum atomic E-state index is -3.98. The Bertz CT molecular complexity index is 953. The summed E-state index contributed by atoms with van der Waals surface area (Å²) in [4.78, 5) is 12.8. The molecule has 0 aromatic heterocycles. The van der Waals surface area contributed by atoms with Gasteiger partial charge in [-0.05, 0) is 48.8 Å². The fourth-order valence-electron chi connectivity index (χ4n) is 2.54. The third-order valence-corrected chi connectivity index (χ3v) is 6.45. The van der Waals surface area contributed by atoms with Gasteiger partial charge in [-0.1, -0.05) is 23.7 Å². The van der Waals surface area contributed by atoms with E-state index in [0.29, 0.717) is 28.6 Å². The number of halogens is 1. The zero-order valence-corrected chi connectivity index (χ0v) is 18.7. The number of anilines is 1. The highest BCUT2D eigenvalue weighted by atomic mass is 35.5. The number of methoxy groups -OCH3 is 2. The van der Waals surface area contributed by atoms with E-state index in [1.54, 1.807) is 36.4 Å². The van der Waals surface area contributed by atoms with Crippen molar-refractivity contribution in [3.8, 4) is 11.5 Å². The molecule has 0 aliphatic heterocycles. The van der Waals surface area contributed by atoms with Gasteiger partial charge in [0.15, 0.2) is 0 Å². The van der Waals surface area contributed by atoms with Crippen LogP contribution < -0.4 is 19.5 Å². The number of ether oxygens (including phenoxy) is 2. The molecule has 0 heterocycles. The molecule has 2 aromatic carbocycles. The molecule has 2 aromatic rings. The molecule has 0 unspecified atom stereocenters. The van der Waals surface area contributed by atoms with Gasteiger partial charge in [0.1, 0.15) is 22.4 Å². The second-order valence-electron chi connectivity index (χ2n) is 5.94. The number of thioether (sulfide) groups is 1. The number of rotatable bonds is 10. The third kappa shape index (κ3) is 6.27. The van der Waals surface area contributed by atoms with Crippen LogP contribution in [0.2, 0.25) is 5.02 Å². The van der Waals surface area contributed by atoms with Crippen LogP contribution in [-0.4, -0.2) is 46.6 Å². The number of hydrogen-bond acceptors (Lipinski definition) is 6. The number of benzene rings is 2. The van der Waals surface area contributed by atoms with E-state index >= 15 is 0 Å². The van der Waals surface area contributed by atoms with Crippen LogP contribution in [0.15, 0.2) is 47.4 Å². The largest absolute Gasteiger partial charge is 0.495 e. The van der Waals surface area contributed by atoms with E-state index in [2.05, 4.69) is 10.0 Å². The summed E-state index contributed by atoms with van der Waals surface area (Å²) in [6, 6.07) is 10.0. The van der Waals surface area contributed by atoms with Crippen molar-refractivity contribution >= 4 is 45.0 Å². The standard InChI is InChI=1S/C19H23ClN2O5S2/c1-26-16-9-8-13(12-14(16)20)21-19(23)15(10-11-28-3)22-29(24,25)18-7-5-4-6-17(18)27-2/h4-9,12,15,22H,10-11H2,1-3H3,(H,21,23)/t15-/m1/s1. The molecule has 2 N–H and O–H groups in total. The predicted molar refractivity (Wildman–Crippen MR) is 117 cm³/mol. The summed E-state index contributed by atoms with van der Waals surface area (Å²) in [5.74, 6) is 0.779. The molecule has 0 fully saturated rings. The maximum absolute atomic E-state index is 12.9. The first kappa shape index (κ1) is 23.3. The van der Waals surface area contributed by atoms with Crippen molar-refractivity contribution in [3.05, 3.63) is 47.5 Å². The highest BCUT2D eigenvalue weighted by Gasteiger charge is 2.27. The molecule has 158 valence electrons. The topological polar surface area (TPSA) is 93.7 Å². The maximum Gasteiger partial charge on any atom is 0.244 e. The van der Waals surface area contributed by atoms with Crippen molar-refractivity contribution < 1.29 is 22.7 Å². The van der Waals surface area contributed by atoms with Crippen molar-refractivity contribution in [3.63, 3.8) is 0 Å². The highest BCUT2D eigenvalue weighted by molar-refractivity contribution is 7.98. The summed E-state index contributed by atoms with van der Waals surface area (Å²) < 4.78 is 38.4. The number of carbonyl (C=O) groups excluding carboxylic acids is 1. The Labute approximate surface area is 180 Å². The Morgan fingerprint density at radius 1 is 1.14 bits per heavy atom. The van der Waals surface area contributed by atoms with E-state index in [1.165, 1.54) is 32.0 Å². The van der Waals surface area contributed by atoms with Gasteiger partial charge in [-0.15, -0.1) is 0 Å². The Balaban J connectivity index is 2.24. The molecule has 0 aliphatic rings. The van der Waals surface area contributed by atoms with Crippen LogP contribution in [-0.2, 0) is 14.8 Å². The monoisotopic (exact) mass is 458 g/mol. The molecule has 0 spiro atoms. The lowest BCUT2D eigenvalue weighted by molar-refractivity contribution is -0.117. The quantitative estimate of drug-likeness (QED) is 0.566. The van der Waals surface area contributed by atoms with Crippen molar-refractivity contribution in [2.75, 3.05) is 31.5 Å². The Morgan fingerprint density at radius 2 is 1.83 bits per heavy atom. The van der Waals surface area contributed by atoms with Crippen LogP contribution >= 0.6 is 23.4 Å². The molecule has 0 radical (unpaired) electrons. The third-order valence-electron chi connectivity index (χ3n) is 4.00. The van der Waals surface area contributed by atoms with Gasteiger partial charge in [0, 0.05) is 5.69 Å². The molecular formula is C19H23ClN2O5S2. The fourth-order valence-corrected chi connectivity index (χ4v) is 4.67. The lowest BCUT2D eigenvalue weighted by Gasteiger charge is -2.19. The van der Waals surface area contributed by atoms with Crippen LogP contribution in [0.4, 0.5) is 5.69 Å². The zero-order valence-electron chi connectivity index (χ0n) is 16.3. The Kier molecular flexibility index (Phi) is 8.63. The molecule has 2 rings (SSSR count). The molecule has 0 bridgehead atoms. The van der Waals surface area contributed by atoms with E-state index in [0.717, 1.165) is 0 Å². The number of nitrogens with one attached hydrogen (secondary N) is 2. The first-order valence-corrected chi connectivity index (χ1v) is 11.9. The molecule has 1 atom stereocenters. The summed E-state index contributed by atoms with van der Waals surface area (Å²) in [5.41, 5.74) is 0.437. The SMILES string of the molecule is COc1ccc(NC(=O)[C@@H](CCSC)NS(=O)(=O)c2ccccc2OC)cc1Cl. The van der Waals surface area contributed by atoms with E-state index in [-0.39, 0.29) is 10.6 Å². The van der Waals surface area contributed by atoms with E-state index in [4.69, 9.17) is 21.1 Å². The molecule has 0 saturated carbocycles. The fraction of sp³-hybridized carbons (Fsp3) is 0.316. The van der Waals surface area contributed by atoms with Gasteiger partial charge in [0.25, 0.3) is 0 Å². The van der Waals surface area contributed by atoms with Gasteiger partial charge in [-0.25, -0.2) is 8.42 Å². The van der Waals surface area contributed by atoms with Crippen molar-refractivity contribution in [1.82, 2.24) is 4.72 Å². The van der Waals surface area contributed by atoms with E-state index < -0.39 is 22.0 Å². The minimum absolute atomic E-state index is 0.0306. The van der Waals surface area contributed by atoms with Crippen molar-refractivity contribution in [2.45, 2.75) is 17.4 Å². The zero-order chi connectivity index (χ0) is 21.4. The first-order chi connectivity index (χ1) is 13.8. The molecule has 10 heteroatoms. The molecular weight excluding hydrogens is 436 g/mol. The molecule has 0 aliphatic carbocycles. The molecule has 7 nitrogen and oxygen atoms in total. The van der Waals surface area contributed by atoms with Gasteiger partial charge < -0.3 is 14.8 Å². The van der Waals surface area contributed by atoms with Crippen LogP contribution in [0.1, 0.15) is 6.42 Å². The summed E-state index contributed by atoms with van der Waals surface area (Å²) in [7, 11) is -1.10. The van der Waals surface area contributed by atoms with Gasteiger partial charge in [0.2, 0.25) is 15.9 Å². The van der Waals surface area contributed by atoms with Crippen LogP contribution in [0.5, 0.6) is 11.5 Å². The average Bonchev–Trinajstić information content (AvgIpc) is 2.71. The number of para-hydroxylation sites is 1. The van der Waals surface area contributed by atoms with Gasteiger partial charge in [-0.3, -0.25) is 4.79 Å². The van der Waals surface area contributed by atoms with E-state index in [1.807, 2.05) is 6.26 Å². The Hall–Kier alpha value is -1.94. The maximum atomic E-state index is 12.9. The van der Waals surface area contributed by atoms with Crippen molar-refractivity contribution in [2.24, 2.45) is 0 Å². The smallest absolute Gasteiger partial charge is 0.244 e. The molecule has 0 saturated heterocycles. The first-order valence-electron chi connectivity index (χ1n) is 8.61. The predicted octanol–water partition coefficient (Wildman–Crippen LogP) is 3.40. The van der Waals surface area contributed by atoms with E-state index in [9.17, 15) is 13.2 Å². The average molecular weight is 459 g/mol. The summed E-state index contributed by atoms with van der Waals surface area (Å²) >= 11 is 7.60. The number of amides is 1. The van der Waals surface area contributed by atoms with Crippen molar-refractivity contribution in [1.29, 1.82) is 0 Å². The number of sulfonamides is 1. The molecule has 1 amide bonds. The van der Waals surface area contributed by atoms with Crippen LogP contribution in [0.3, 0.4) is 0 Å².